The number of alkyl halides is 3. The van der Waals surface area contributed by atoms with E-state index in [1.807, 2.05) is 0 Å². The lowest BCUT2D eigenvalue weighted by Gasteiger charge is -2.45. The van der Waals surface area contributed by atoms with Gasteiger partial charge in [-0.15, -0.1) is 0 Å². The topological polar surface area (TPSA) is 12.5 Å². The average Bonchev–Trinajstić information content (AvgIpc) is 2.76. The molecule has 0 aromatic carbocycles. The molecule has 0 aliphatic carbocycles. The molecule has 2 atom stereocenters. The van der Waals surface area contributed by atoms with Crippen molar-refractivity contribution < 1.29 is 17.9 Å². The van der Waals surface area contributed by atoms with Gasteiger partial charge >= 0.3 is 6.18 Å². The van der Waals surface area contributed by atoms with Crippen LogP contribution in [0.25, 0.3) is 0 Å². The van der Waals surface area contributed by atoms with Crippen molar-refractivity contribution in [1.82, 2.24) is 4.90 Å². The van der Waals surface area contributed by atoms with Gasteiger partial charge in [-0.1, -0.05) is 20.8 Å². The maximum absolute atomic E-state index is 12.1. The van der Waals surface area contributed by atoms with Crippen molar-refractivity contribution in [2.45, 2.75) is 64.2 Å². The molecule has 0 N–H and O–H groups in total. The van der Waals surface area contributed by atoms with E-state index in [1.165, 1.54) is 0 Å². The van der Waals surface area contributed by atoms with Crippen LogP contribution in [0.4, 0.5) is 13.2 Å². The second kappa shape index (κ2) is 4.92. The van der Waals surface area contributed by atoms with Crippen LogP contribution in [0.3, 0.4) is 0 Å². The Hall–Kier alpha value is -0.290. The highest BCUT2D eigenvalue weighted by atomic mass is 19.4. The number of hydrogen-bond acceptors (Lipinski definition) is 2. The lowest BCUT2D eigenvalue weighted by molar-refractivity contribution is -0.177. The minimum atomic E-state index is -4.22. The maximum Gasteiger partial charge on any atom is 0.411 e. The SMILES string of the molecule is CC(C)(C)C12CCCN1C(COCC(F)(F)F)CC2. The molecule has 0 saturated carbocycles. The van der Waals surface area contributed by atoms with Crippen LogP contribution in [-0.2, 0) is 4.74 Å². The summed E-state index contributed by atoms with van der Waals surface area (Å²) in [5.74, 6) is 0. The summed E-state index contributed by atoms with van der Waals surface area (Å²) in [6.45, 7) is 6.80. The summed E-state index contributed by atoms with van der Waals surface area (Å²) in [7, 11) is 0. The largest absolute Gasteiger partial charge is 0.411 e. The van der Waals surface area contributed by atoms with Crippen LogP contribution >= 0.6 is 0 Å². The third-order valence-electron chi connectivity index (χ3n) is 4.84. The minimum absolute atomic E-state index is 0.157. The first-order valence-electron chi connectivity index (χ1n) is 7.07. The van der Waals surface area contributed by atoms with E-state index >= 15 is 0 Å². The number of halogens is 3. The molecule has 2 fully saturated rings. The molecular formula is C14H24F3NO. The van der Waals surface area contributed by atoms with Gasteiger partial charge in [0.1, 0.15) is 6.61 Å². The van der Waals surface area contributed by atoms with Gasteiger partial charge in [0.2, 0.25) is 0 Å². The highest BCUT2D eigenvalue weighted by Gasteiger charge is 2.55. The Morgan fingerprint density at radius 2 is 1.89 bits per heavy atom. The Morgan fingerprint density at radius 3 is 2.47 bits per heavy atom. The summed E-state index contributed by atoms with van der Waals surface area (Å²) in [5, 5.41) is 0. The zero-order valence-electron chi connectivity index (χ0n) is 12.0. The van der Waals surface area contributed by atoms with Crippen molar-refractivity contribution in [2.75, 3.05) is 19.8 Å². The maximum atomic E-state index is 12.1. The Kier molecular flexibility index (Phi) is 3.91. The fourth-order valence-corrected chi connectivity index (χ4v) is 3.93. The van der Waals surface area contributed by atoms with Gasteiger partial charge in [0.15, 0.2) is 0 Å². The number of ether oxygens (including phenoxy) is 1. The second-order valence-electron chi connectivity index (χ2n) is 6.90. The van der Waals surface area contributed by atoms with Crippen LogP contribution in [0, 0.1) is 5.41 Å². The van der Waals surface area contributed by atoms with Crippen molar-refractivity contribution >= 4 is 0 Å². The van der Waals surface area contributed by atoms with E-state index < -0.39 is 12.8 Å². The Labute approximate surface area is 113 Å². The summed E-state index contributed by atoms with van der Waals surface area (Å²) >= 11 is 0. The molecule has 2 aliphatic rings. The molecule has 0 aromatic rings. The van der Waals surface area contributed by atoms with E-state index in [0.29, 0.717) is 0 Å². The molecule has 2 aliphatic heterocycles. The van der Waals surface area contributed by atoms with Crippen molar-refractivity contribution in [1.29, 1.82) is 0 Å². The van der Waals surface area contributed by atoms with Gasteiger partial charge in [-0.3, -0.25) is 4.90 Å². The molecule has 2 nitrogen and oxygen atoms in total. The summed E-state index contributed by atoms with van der Waals surface area (Å²) in [4.78, 5) is 2.42. The molecule has 2 unspecified atom stereocenters. The number of hydrogen-bond donors (Lipinski definition) is 0. The van der Waals surface area contributed by atoms with Crippen LogP contribution in [0.2, 0.25) is 0 Å². The van der Waals surface area contributed by atoms with Gasteiger partial charge < -0.3 is 4.74 Å². The van der Waals surface area contributed by atoms with Crippen LogP contribution in [0.1, 0.15) is 46.5 Å². The van der Waals surface area contributed by atoms with E-state index in [2.05, 4.69) is 25.7 Å². The molecule has 2 rings (SSSR count). The van der Waals surface area contributed by atoms with Crippen molar-refractivity contribution in [2.24, 2.45) is 5.41 Å². The fraction of sp³-hybridized carbons (Fsp3) is 1.00. The number of fused-ring (bicyclic) bond motifs is 1. The van der Waals surface area contributed by atoms with Gasteiger partial charge in [0.25, 0.3) is 0 Å². The molecule has 0 bridgehead atoms. The van der Waals surface area contributed by atoms with Gasteiger partial charge in [-0.05, 0) is 37.6 Å². The molecule has 5 heteroatoms. The Morgan fingerprint density at radius 1 is 1.21 bits per heavy atom. The third kappa shape index (κ3) is 2.92. The summed E-state index contributed by atoms with van der Waals surface area (Å²) < 4.78 is 41.3. The van der Waals surface area contributed by atoms with E-state index in [1.54, 1.807) is 0 Å². The lowest BCUT2D eigenvalue weighted by Crippen LogP contribution is -2.52. The average molecular weight is 279 g/mol. The Balaban J connectivity index is 1.96. The molecule has 0 aromatic heterocycles. The molecule has 19 heavy (non-hydrogen) atoms. The van der Waals surface area contributed by atoms with Crippen LogP contribution < -0.4 is 0 Å². The van der Waals surface area contributed by atoms with Crippen LogP contribution in [-0.4, -0.2) is 42.4 Å². The monoisotopic (exact) mass is 279 g/mol. The lowest BCUT2D eigenvalue weighted by atomic mass is 9.71. The highest BCUT2D eigenvalue weighted by molar-refractivity contribution is 5.10. The smallest absolute Gasteiger partial charge is 0.370 e. The predicted octanol–water partition coefficient (Wildman–Crippen LogP) is 3.61. The van der Waals surface area contributed by atoms with Gasteiger partial charge in [-0.25, -0.2) is 0 Å². The summed E-state index contributed by atoms with van der Waals surface area (Å²) in [6.07, 6.45) is 0.121. The zero-order valence-corrected chi connectivity index (χ0v) is 12.0. The molecular weight excluding hydrogens is 255 g/mol. The van der Waals surface area contributed by atoms with Crippen molar-refractivity contribution in [3.63, 3.8) is 0 Å². The molecule has 0 amide bonds. The first-order chi connectivity index (χ1) is 8.66. The molecule has 0 spiro atoms. The van der Waals surface area contributed by atoms with Gasteiger partial charge in [0, 0.05) is 11.6 Å². The highest BCUT2D eigenvalue weighted by Crippen LogP contribution is 2.52. The standard InChI is InChI=1S/C14H24F3NO/c1-12(2,3)13-6-4-8-18(13)11(5-7-13)9-19-10-14(15,16)17/h11H,4-10H2,1-3H3. The number of rotatable bonds is 3. The molecule has 0 radical (unpaired) electrons. The second-order valence-corrected chi connectivity index (χ2v) is 6.90. The Bertz CT molecular complexity index is 324. The van der Waals surface area contributed by atoms with E-state index in [9.17, 15) is 13.2 Å². The van der Waals surface area contributed by atoms with Gasteiger partial charge in [0.05, 0.1) is 6.61 Å². The van der Waals surface area contributed by atoms with Crippen molar-refractivity contribution in [3.8, 4) is 0 Å². The first kappa shape index (κ1) is 15.1. The van der Waals surface area contributed by atoms with Crippen LogP contribution in [0.15, 0.2) is 0 Å². The zero-order chi connectivity index (χ0) is 14.3. The van der Waals surface area contributed by atoms with E-state index in [-0.39, 0.29) is 23.6 Å². The summed E-state index contributed by atoms with van der Waals surface area (Å²) in [6, 6.07) is 0.157. The van der Waals surface area contributed by atoms with Gasteiger partial charge in [-0.2, -0.15) is 13.2 Å². The quantitative estimate of drug-likeness (QED) is 0.782. The van der Waals surface area contributed by atoms with E-state index in [4.69, 9.17) is 4.74 Å². The van der Waals surface area contributed by atoms with E-state index in [0.717, 1.165) is 32.2 Å². The molecule has 2 saturated heterocycles. The first-order valence-corrected chi connectivity index (χ1v) is 7.07. The minimum Gasteiger partial charge on any atom is -0.370 e. The predicted molar refractivity (Wildman–Crippen MR) is 68.0 cm³/mol. The van der Waals surface area contributed by atoms with Crippen LogP contribution in [0.5, 0.6) is 0 Å². The van der Waals surface area contributed by atoms with Crippen molar-refractivity contribution in [3.05, 3.63) is 0 Å². The number of nitrogens with zero attached hydrogens (tertiary/aromatic N) is 1. The fourth-order valence-electron chi connectivity index (χ4n) is 3.93. The normalized spacial score (nSPS) is 32.8. The summed E-state index contributed by atoms with van der Waals surface area (Å²) in [5.41, 5.74) is 0.335. The molecule has 2 heterocycles. The third-order valence-corrected chi connectivity index (χ3v) is 4.84. The molecule has 112 valence electrons.